The molecule has 1 N–H and O–H groups in total. The quantitative estimate of drug-likeness (QED) is 0.548. The van der Waals surface area contributed by atoms with E-state index in [1.807, 2.05) is 45.4 Å². The third-order valence-corrected chi connectivity index (χ3v) is 4.46. The van der Waals surface area contributed by atoms with Crippen molar-refractivity contribution in [2.75, 3.05) is 27.8 Å². The van der Waals surface area contributed by atoms with Crippen LogP contribution in [0.5, 0.6) is 11.5 Å². The minimum atomic E-state index is 0.601. The number of rotatable bonds is 7. The summed E-state index contributed by atoms with van der Waals surface area (Å²) >= 11 is 3.51. The zero-order valence-electron chi connectivity index (χ0n) is 16.0. The van der Waals surface area contributed by atoms with E-state index in [4.69, 9.17) is 9.47 Å². The third kappa shape index (κ3) is 5.17. The smallest absolute Gasteiger partial charge is 0.194 e. The predicted octanol–water partition coefficient (Wildman–Crippen LogP) is 3.40. The zero-order chi connectivity index (χ0) is 19.1. The molecule has 2 rings (SSSR count). The molecule has 1 heterocycles. The number of benzene rings is 1. The van der Waals surface area contributed by atoms with Crippen molar-refractivity contribution >= 4 is 21.9 Å². The summed E-state index contributed by atoms with van der Waals surface area (Å²) in [5.74, 6) is 2.33. The van der Waals surface area contributed by atoms with Gasteiger partial charge in [0.2, 0.25) is 0 Å². The lowest BCUT2D eigenvalue weighted by atomic mass is 10.2. The van der Waals surface area contributed by atoms with Gasteiger partial charge in [-0.25, -0.2) is 0 Å². The fourth-order valence-electron chi connectivity index (χ4n) is 2.71. The fourth-order valence-corrected chi connectivity index (χ4v) is 3.28. The summed E-state index contributed by atoms with van der Waals surface area (Å²) in [7, 11) is 7.50. The van der Waals surface area contributed by atoms with E-state index in [9.17, 15) is 0 Å². The van der Waals surface area contributed by atoms with E-state index in [0.29, 0.717) is 13.2 Å². The van der Waals surface area contributed by atoms with Crippen LogP contribution in [0.25, 0.3) is 0 Å². The molecule has 1 aromatic heterocycles. The first-order chi connectivity index (χ1) is 12.5. The molecule has 7 heteroatoms. The highest BCUT2D eigenvalue weighted by atomic mass is 79.9. The number of nitrogens with zero attached hydrogens (tertiary/aromatic N) is 3. The molecule has 0 aliphatic rings. The molecular weight excluding hydrogens is 396 g/mol. The summed E-state index contributed by atoms with van der Waals surface area (Å²) in [6, 6.07) is 8.06. The van der Waals surface area contributed by atoms with Crippen LogP contribution in [0, 0.1) is 0 Å². The van der Waals surface area contributed by atoms with Gasteiger partial charge in [0, 0.05) is 44.1 Å². The van der Waals surface area contributed by atoms with Crippen LogP contribution in [0.15, 0.2) is 39.9 Å². The van der Waals surface area contributed by atoms with Crippen LogP contribution in [-0.4, -0.2) is 43.2 Å². The van der Waals surface area contributed by atoms with Crippen LogP contribution in [0.2, 0.25) is 0 Å². The summed E-state index contributed by atoms with van der Waals surface area (Å²) in [5.41, 5.74) is 2.30. The lowest BCUT2D eigenvalue weighted by Crippen LogP contribution is -2.38. The van der Waals surface area contributed by atoms with Crippen molar-refractivity contribution in [3.8, 4) is 11.5 Å². The number of methoxy groups -OCH3 is 1. The lowest BCUT2D eigenvalue weighted by molar-refractivity contribution is 0.310. The Labute approximate surface area is 163 Å². The molecule has 142 valence electrons. The second-order valence-corrected chi connectivity index (χ2v) is 6.85. The van der Waals surface area contributed by atoms with Crippen LogP contribution in [0.4, 0.5) is 0 Å². The van der Waals surface area contributed by atoms with E-state index in [0.717, 1.165) is 34.0 Å². The van der Waals surface area contributed by atoms with Crippen molar-refractivity contribution in [2.45, 2.75) is 20.0 Å². The van der Waals surface area contributed by atoms with Crippen LogP contribution in [-0.2, 0) is 20.1 Å². The Morgan fingerprint density at radius 3 is 2.65 bits per heavy atom. The van der Waals surface area contributed by atoms with E-state index in [1.165, 1.54) is 5.69 Å². The number of aryl methyl sites for hydroxylation is 1. The van der Waals surface area contributed by atoms with E-state index in [2.05, 4.69) is 41.8 Å². The number of nitrogens with one attached hydrogen (secondary N) is 1. The second kappa shape index (κ2) is 9.52. The number of ether oxygens (including phenoxy) is 2. The molecule has 0 spiro atoms. The number of aromatic nitrogens is 1. The molecule has 0 unspecified atom stereocenters. The lowest BCUT2D eigenvalue weighted by Gasteiger charge is -2.22. The van der Waals surface area contributed by atoms with Crippen molar-refractivity contribution in [1.29, 1.82) is 0 Å². The first-order valence-corrected chi connectivity index (χ1v) is 9.30. The van der Waals surface area contributed by atoms with Gasteiger partial charge in [-0.3, -0.25) is 4.99 Å². The van der Waals surface area contributed by atoms with E-state index in [-0.39, 0.29) is 0 Å². The maximum atomic E-state index is 5.64. The van der Waals surface area contributed by atoms with Gasteiger partial charge in [0.05, 0.1) is 20.3 Å². The normalized spacial score (nSPS) is 11.4. The highest BCUT2D eigenvalue weighted by Crippen LogP contribution is 2.28. The predicted molar refractivity (Wildman–Crippen MR) is 109 cm³/mol. The topological polar surface area (TPSA) is 51.0 Å². The zero-order valence-corrected chi connectivity index (χ0v) is 17.6. The third-order valence-electron chi connectivity index (χ3n) is 4.03. The van der Waals surface area contributed by atoms with Gasteiger partial charge in [0.25, 0.3) is 0 Å². The highest BCUT2D eigenvalue weighted by Gasteiger charge is 2.11. The maximum absolute atomic E-state index is 5.64. The molecule has 0 fully saturated rings. The van der Waals surface area contributed by atoms with Gasteiger partial charge in [-0.15, -0.1) is 0 Å². The molecule has 2 aromatic rings. The first-order valence-electron chi connectivity index (χ1n) is 8.50. The Bertz CT molecular complexity index is 758. The van der Waals surface area contributed by atoms with Crippen molar-refractivity contribution in [3.63, 3.8) is 0 Å². The Morgan fingerprint density at radius 2 is 2.08 bits per heavy atom. The number of halogens is 1. The molecule has 1 aromatic carbocycles. The molecule has 26 heavy (non-hydrogen) atoms. The molecule has 6 nitrogen and oxygen atoms in total. The minimum absolute atomic E-state index is 0.601. The molecular formula is C19H27BrN4O2. The van der Waals surface area contributed by atoms with Crippen molar-refractivity contribution in [3.05, 3.63) is 46.2 Å². The molecule has 0 saturated carbocycles. The Morgan fingerprint density at radius 1 is 1.31 bits per heavy atom. The standard InChI is InChI=1S/C19H27BrN4O2/c1-6-26-18-9-14(7-8-17(18)25-5)11-22-19(21-2)24(4)13-16-10-15(20)12-23(16)3/h7-10,12H,6,11,13H2,1-5H3,(H,21,22). The van der Waals surface area contributed by atoms with Gasteiger partial charge in [0.1, 0.15) is 0 Å². The first kappa shape index (κ1) is 20.2. The SMILES string of the molecule is CCOc1cc(CNC(=NC)N(C)Cc2cc(Br)cn2C)ccc1OC. The van der Waals surface area contributed by atoms with Gasteiger partial charge in [-0.2, -0.15) is 0 Å². The molecule has 0 aliphatic heterocycles. The van der Waals surface area contributed by atoms with E-state index in [1.54, 1.807) is 14.2 Å². The second-order valence-electron chi connectivity index (χ2n) is 5.94. The summed E-state index contributed by atoms with van der Waals surface area (Å²) in [6.07, 6.45) is 2.05. The summed E-state index contributed by atoms with van der Waals surface area (Å²) in [4.78, 5) is 6.47. The van der Waals surface area contributed by atoms with Crippen LogP contribution in [0.1, 0.15) is 18.2 Å². The Balaban J connectivity index is 2.02. The van der Waals surface area contributed by atoms with Gasteiger partial charge >= 0.3 is 0 Å². The monoisotopic (exact) mass is 422 g/mol. The van der Waals surface area contributed by atoms with Gasteiger partial charge < -0.3 is 24.3 Å². The molecule has 0 aliphatic carbocycles. The van der Waals surface area contributed by atoms with Gasteiger partial charge in [-0.1, -0.05) is 6.07 Å². The Hall–Kier alpha value is -2.15. The average molecular weight is 423 g/mol. The molecule has 0 radical (unpaired) electrons. The minimum Gasteiger partial charge on any atom is -0.493 e. The number of guanidine groups is 1. The molecule has 0 bridgehead atoms. The van der Waals surface area contributed by atoms with Crippen LogP contribution >= 0.6 is 15.9 Å². The highest BCUT2D eigenvalue weighted by molar-refractivity contribution is 9.10. The maximum Gasteiger partial charge on any atom is 0.194 e. The van der Waals surface area contributed by atoms with Crippen LogP contribution in [0.3, 0.4) is 0 Å². The van der Waals surface area contributed by atoms with Gasteiger partial charge in [-0.05, 0) is 46.6 Å². The molecule has 0 atom stereocenters. The molecule has 0 amide bonds. The summed E-state index contributed by atoms with van der Waals surface area (Å²) < 4.78 is 14.2. The van der Waals surface area contributed by atoms with Crippen molar-refractivity contribution in [2.24, 2.45) is 12.0 Å². The average Bonchev–Trinajstić information content (AvgIpc) is 2.93. The Kier molecular flexibility index (Phi) is 7.38. The molecule has 0 saturated heterocycles. The number of hydrogen-bond acceptors (Lipinski definition) is 3. The summed E-state index contributed by atoms with van der Waals surface area (Å²) in [5, 5.41) is 3.40. The van der Waals surface area contributed by atoms with E-state index < -0.39 is 0 Å². The summed E-state index contributed by atoms with van der Waals surface area (Å²) in [6.45, 7) is 3.97. The largest absolute Gasteiger partial charge is 0.493 e. The van der Waals surface area contributed by atoms with Crippen LogP contribution < -0.4 is 14.8 Å². The van der Waals surface area contributed by atoms with Gasteiger partial charge in [0.15, 0.2) is 17.5 Å². The van der Waals surface area contributed by atoms with Crippen molar-refractivity contribution in [1.82, 2.24) is 14.8 Å². The van der Waals surface area contributed by atoms with E-state index >= 15 is 0 Å². The number of aliphatic imine (C=N–C) groups is 1. The fraction of sp³-hybridized carbons (Fsp3) is 0.421. The number of hydrogen-bond donors (Lipinski definition) is 1. The van der Waals surface area contributed by atoms with Crippen molar-refractivity contribution < 1.29 is 9.47 Å².